The molecule has 1 aliphatic rings. The van der Waals surface area contributed by atoms with Crippen molar-refractivity contribution in [1.29, 1.82) is 0 Å². The number of unbranched alkanes of at least 4 members (excludes halogenated alkanes) is 13. The van der Waals surface area contributed by atoms with Gasteiger partial charge < -0.3 is 10.0 Å². The summed E-state index contributed by atoms with van der Waals surface area (Å²) in [5.74, 6) is 0.996. The molecule has 0 aliphatic carbocycles. The van der Waals surface area contributed by atoms with E-state index in [4.69, 9.17) is 0 Å². The lowest BCUT2D eigenvalue weighted by Crippen LogP contribution is -2.43. The molecular weight excluding hydrogens is 394 g/mol. The van der Waals surface area contributed by atoms with Gasteiger partial charge in [0.05, 0.1) is 0 Å². The highest BCUT2D eigenvalue weighted by Crippen LogP contribution is 2.22. The van der Waals surface area contributed by atoms with Crippen LogP contribution >= 0.6 is 11.8 Å². The molecule has 4 nitrogen and oxygen atoms in total. The molecule has 0 aromatic carbocycles. The molecule has 30 heavy (non-hydrogen) atoms. The molecule has 5 heteroatoms. The number of rotatable bonds is 19. The number of hydrogen-bond donors (Lipinski definition) is 1. The second kappa shape index (κ2) is 17.9. The van der Waals surface area contributed by atoms with Crippen LogP contribution in [-0.2, 0) is 9.59 Å². The summed E-state index contributed by atoms with van der Waals surface area (Å²) in [7, 11) is 0. The fourth-order valence-electron chi connectivity index (χ4n) is 4.30. The molecule has 2 atom stereocenters. The Balaban J connectivity index is 1.88. The summed E-state index contributed by atoms with van der Waals surface area (Å²) in [5.41, 5.74) is 0. The Kier molecular flexibility index (Phi) is 16.3. The van der Waals surface area contributed by atoms with E-state index in [1.54, 1.807) is 4.90 Å². The van der Waals surface area contributed by atoms with E-state index in [9.17, 15) is 14.7 Å². The summed E-state index contributed by atoms with van der Waals surface area (Å²) in [4.78, 5) is 25.3. The van der Waals surface area contributed by atoms with Crippen molar-refractivity contribution in [2.24, 2.45) is 5.92 Å². The highest BCUT2D eigenvalue weighted by Gasteiger charge is 2.35. The Morgan fingerprint density at radius 1 is 0.900 bits per heavy atom. The van der Waals surface area contributed by atoms with Crippen LogP contribution in [0.15, 0.2) is 0 Å². The number of carbonyl (C=O) groups excluding carboxylic acids is 1. The molecule has 1 fully saturated rings. The first-order chi connectivity index (χ1) is 14.6. The molecule has 1 N–H and O–H groups in total. The van der Waals surface area contributed by atoms with Crippen LogP contribution in [-0.4, -0.2) is 46.0 Å². The van der Waals surface area contributed by atoms with Gasteiger partial charge in [-0.1, -0.05) is 97.3 Å². The first-order valence-corrected chi connectivity index (χ1v) is 13.8. The summed E-state index contributed by atoms with van der Waals surface area (Å²) < 4.78 is 0. The van der Waals surface area contributed by atoms with Gasteiger partial charge in [-0.3, -0.25) is 4.79 Å². The van der Waals surface area contributed by atoms with Crippen LogP contribution in [0.2, 0.25) is 0 Å². The van der Waals surface area contributed by atoms with Gasteiger partial charge in [0.25, 0.3) is 0 Å². The van der Waals surface area contributed by atoms with E-state index < -0.39 is 12.0 Å². The Morgan fingerprint density at radius 2 is 1.40 bits per heavy atom. The number of aliphatic carboxylic acids is 1. The minimum Gasteiger partial charge on any atom is -0.480 e. The molecule has 1 aliphatic heterocycles. The van der Waals surface area contributed by atoms with Gasteiger partial charge in [-0.25, -0.2) is 4.79 Å². The average molecular weight is 442 g/mol. The molecule has 1 unspecified atom stereocenters. The van der Waals surface area contributed by atoms with Gasteiger partial charge in [-0.05, 0) is 25.0 Å². The zero-order valence-corrected chi connectivity index (χ0v) is 20.5. The standard InChI is InChI=1S/C25H47NO3S/c1-3-4-5-6-7-8-9-10-11-12-13-14-15-16-20-30-21-22(2)24(27)26-19-17-18-23(26)25(28)29/h22-23H,3-21H2,1-2H3,(H,28,29)/t22?,23-/m0/s1. The van der Waals surface area contributed by atoms with Crippen LogP contribution < -0.4 is 0 Å². The predicted molar refractivity (Wildman–Crippen MR) is 129 cm³/mol. The van der Waals surface area contributed by atoms with Gasteiger partial charge in [0, 0.05) is 18.2 Å². The second-order valence-corrected chi connectivity index (χ2v) is 10.2. The second-order valence-electron chi connectivity index (χ2n) is 9.10. The topological polar surface area (TPSA) is 57.6 Å². The third-order valence-corrected chi connectivity index (χ3v) is 7.57. The molecule has 0 saturated carbocycles. The average Bonchev–Trinajstić information content (AvgIpc) is 3.23. The van der Waals surface area contributed by atoms with Gasteiger partial charge in [0.1, 0.15) is 6.04 Å². The van der Waals surface area contributed by atoms with Crippen LogP contribution in [0.1, 0.15) is 117 Å². The highest BCUT2D eigenvalue weighted by atomic mass is 32.2. The molecule has 176 valence electrons. The summed E-state index contributed by atoms with van der Waals surface area (Å²) in [6.45, 7) is 4.82. The van der Waals surface area contributed by atoms with Crippen molar-refractivity contribution < 1.29 is 14.7 Å². The normalized spacial score (nSPS) is 17.4. The summed E-state index contributed by atoms with van der Waals surface area (Å²) in [6, 6.07) is -0.601. The zero-order chi connectivity index (χ0) is 22.0. The number of amides is 1. The number of carboxylic acids is 1. The quantitative estimate of drug-likeness (QED) is 0.221. The first kappa shape index (κ1) is 27.3. The van der Waals surface area contributed by atoms with Crippen LogP contribution in [0.5, 0.6) is 0 Å². The molecule has 1 amide bonds. The van der Waals surface area contributed by atoms with Gasteiger partial charge in [-0.15, -0.1) is 0 Å². The fourth-order valence-corrected chi connectivity index (χ4v) is 5.37. The van der Waals surface area contributed by atoms with E-state index in [0.717, 1.165) is 17.9 Å². The Hall–Kier alpha value is -0.710. The zero-order valence-electron chi connectivity index (χ0n) is 19.7. The Labute approximate surface area is 189 Å². The van der Waals surface area contributed by atoms with Gasteiger partial charge >= 0.3 is 5.97 Å². The molecule has 1 saturated heterocycles. The van der Waals surface area contributed by atoms with Crippen LogP contribution in [0, 0.1) is 5.92 Å². The number of hydrogen-bond acceptors (Lipinski definition) is 3. The van der Waals surface area contributed by atoms with E-state index in [-0.39, 0.29) is 11.8 Å². The van der Waals surface area contributed by atoms with Gasteiger partial charge in [-0.2, -0.15) is 11.8 Å². The van der Waals surface area contributed by atoms with E-state index in [1.165, 1.54) is 89.9 Å². The third kappa shape index (κ3) is 12.2. The third-order valence-electron chi connectivity index (χ3n) is 6.25. The number of nitrogens with zero attached hydrogens (tertiary/aromatic N) is 1. The number of carbonyl (C=O) groups is 2. The number of carboxylic acid groups (broad SMARTS) is 1. The summed E-state index contributed by atoms with van der Waals surface area (Å²) in [6.07, 6.45) is 20.7. The number of thioether (sulfide) groups is 1. The first-order valence-electron chi connectivity index (χ1n) is 12.7. The van der Waals surface area contributed by atoms with E-state index in [0.29, 0.717) is 13.0 Å². The maximum Gasteiger partial charge on any atom is 0.326 e. The van der Waals surface area contributed by atoms with E-state index in [2.05, 4.69) is 6.92 Å². The van der Waals surface area contributed by atoms with Crippen LogP contribution in [0.4, 0.5) is 0 Å². The smallest absolute Gasteiger partial charge is 0.326 e. The molecule has 0 spiro atoms. The maximum atomic E-state index is 12.5. The Morgan fingerprint density at radius 3 is 1.90 bits per heavy atom. The lowest BCUT2D eigenvalue weighted by Gasteiger charge is -2.24. The molecule has 0 radical (unpaired) electrons. The summed E-state index contributed by atoms with van der Waals surface area (Å²) in [5, 5.41) is 9.24. The van der Waals surface area contributed by atoms with E-state index >= 15 is 0 Å². The molecule has 0 aromatic heterocycles. The minimum absolute atomic E-state index is 0.0216. The lowest BCUT2D eigenvalue weighted by molar-refractivity contribution is -0.149. The Bertz CT molecular complexity index is 458. The summed E-state index contributed by atoms with van der Waals surface area (Å²) >= 11 is 1.85. The molecule has 1 rings (SSSR count). The highest BCUT2D eigenvalue weighted by molar-refractivity contribution is 7.99. The molecular formula is C25H47NO3S. The van der Waals surface area contributed by atoms with Crippen molar-refractivity contribution in [1.82, 2.24) is 4.90 Å². The minimum atomic E-state index is -0.858. The lowest BCUT2D eigenvalue weighted by atomic mass is 10.0. The largest absolute Gasteiger partial charge is 0.480 e. The van der Waals surface area contributed by atoms with E-state index in [1.807, 2.05) is 18.7 Å². The van der Waals surface area contributed by atoms with Crippen molar-refractivity contribution >= 4 is 23.6 Å². The van der Waals surface area contributed by atoms with Crippen molar-refractivity contribution in [3.63, 3.8) is 0 Å². The van der Waals surface area contributed by atoms with Crippen molar-refractivity contribution in [3.05, 3.63) is 0 Å². The SMILES string of the molecule is CCCCCCCCCCCCCCCCSCC(C)C(=O)N1CCC[C@H]1C(=O)O. The molecule has 1 heterocycles. The van der Waals surface area contributed by atoms with Crippen molar-refractivity contribution in [3.8, 4) is 0 Å². The number of likely N-dealkylation sites (tertiary alicyclic amines) is 1. The monoisotopic (exact) mass is 441 g/mol. The van der Waals surface area contributed by atoms with Gasteiger partial charge in [0.15, 0.2) is 0 Å². The van der Waals surface area contributed by atoms with Crippen molar-refractivity contribution in [2.75, 3.05) is 18.1 Å². The van der Waals surface area contributed by atoms with Crippen LogP contribution in [0.3, 0.4) is 0 Å². The predicted octanol–water partition coefficient (Wildman–Crippen LogP) is 6.91. The van der Waals surface area contributed by atoms with Crippen molar-refractivity contribution in [2.45, 2.75) is 123 Å². The van der Waals surface area contributed by atoms with Crippen LogP contribution in [0.25, 0.3) is 0 Å². The molecule has 0 bridgehead atoms. The maximum absolute atomic E-state index is 12.5. The fraction of sp³-hybridized carbons (Fsp3) is 0.920. The molecule has 0 aromatic rings. The van der Waals surface area contributed by atoms with Gasteiger partial charge in [0.2, 0.25) is 5.91 Å².